The Labute approximate surface area is 65.4 Å². The Morgan fingerprint density at radius 1 is 1.55 bits per heavy atom. The Kier molecular flexibility index (Phi) is 1.36. The van der Waals surface area contributed by atoms with E-state index in [4.69, 9.17) is 9.84 Å². The molecule has 0 amide bonds. The normalized spacial score (nSPS) is 21.1. The number of ether oxygens (including phenoxy) is 1. The number of fused-ring (bicyclic) bond motifs is 1. The predicted molar refractivity (Wildman–Crippen MR) is 41.5 cm³/mol. The molecule has 0 radical (unpaired) electrons. The van der Waals surface area contributed by atoms with Crippen molar-refractivity contribution in [3.63, 3.8) is 0 Å². The molecule has 0 aliphatic carbocycles. The zero-order valence-corrected chi connectivity index (χ0v) is 6.37. The minimum atomic E-state index is -0.633. The van der Waals surface area contributed by atoms with Gasteiger partial charge in [0.2, 0.25) is 6.29 Å². The summed E-state index contributed by atoms with van der Waals surface area (Å²) in [4.78, 5) is 0. The zero-order chi connectivity index (χ0) is 7.84. The van der Waals surface area contributed by atoms with Crippen molar-refractivity contribution >= 4 is 0 Å². The molecular formula is C9H10O2. The van der Waals surface area contributed by atoms with Crippen molar-refractivity contribution in [2.75, 3.05) is 0 Å². The summed E-state index contributed by atoms with van der Waals surface area (Å²) in [7, 11) is 0. The number of rotatable bonds is 0. The summed E-state index contributed by atoms with van der Waals surface area (Å²) in [5.74, 6) is 0.831. The summed E-state index contributed by atoms with van der Waals surface area (Å²) in [6.45, 7) is 2.01. The first-order valence-electron chi connectivity index (χ1n) is 3.70. The maximum absolute atomic E-state index is 9.12. The SMILES string of the molecule is Cc1ccc2c(c1)OC(O)C2. The van der Waals surface area contributed by atoms with Gasteiger partial charge in [-0.25, -0.2) is 0 Å². The molecule has 11 heavy (non-hydrogen) atoms. The fourth-order valence-corrected chi connectivity index (χ4v) is 1.32. The average Bonchev–Trinajstić information content (AvgIpc) is 2.27. The van der Waals surface area contributed by atoms with Crippen LogP contribution in [0.2, 0.25) is 0 Å². The highest BCUT2D eigenvalue weighted by Gasteiger charge is 2.19. The summed E-state index contributed by atoms with van der Waals surface area (Å²) in [6.07, 6.45) is -0.0119. The highest BCUT2D eigenvalue weighted by atomic mass is 16.6. The summed E-state index contributed by atoms with van der Waals surface area (Å²) in [5, 5.41) is 9.12. The van der Waals surface area contributed by atoms with E-state index in [1.54, 1.807) is 0 Å². The van der Waals surface area contributed by atoms with Crippen molar-refractivity contribution in [1.82, 2.24) is 0 Å². The van der Waals surface area contributed by atoms with Crippen LogP contribution < -0.4 is 4.74 Å². The van der Waals surface area contributed by atoms with Gasteiger partial charge in [0, 0.05) is 12.0 Å². The molecule has 1 aliphatic rings. The van der Waals surface area contributed by atoms with Crippen molar-refractivity contribution in [2.24, 2.45) is 0 Å². The quantitative estimate of drug-likeness (QED) is 0.603. The van der Waals surface area contributed by atoms with Gasteiger partial charge in [-0.2, -0.15) is 0 Å². The summed E-state index contributed by atoms with van der Waals surface area (Å²) in [6, 6.07) is 5.98. The van der Waals surface area contributed by atoms with Gasteiger partial charge in [0.25, 0.3) is 0 Å². The van der Waals surface area contributed by atoms with E-state index in [-0.39, 0.29) is 0 Å². The first kappa shape index (κ1) is 6.68. The van der Waals surface area contributed by atoms with Gasteiger partial charge in [-0.15, -0.1) is 0 Å². The Bertz CT molecular complexity index is 281. The third-order valence-electron chi connectivity index (χ3n) is 1.88. The molecule has 1 aromatic rings. The fourth-order valence-electron chi connectivity index (χ4n) is 1.32. The van der Waals surface area contributed by atoms with Gasteiger partial charge < -0.3 is 9.84 Å². The first-order valence-corrected chi connectivity index (χ1v) is 3.70. The van der Waals surface area contributed by atoms with Crippen LogP contribution in [0.3, 0.4) is 0 Å². The molecule has 1 N–H and O–H groups in total. The van der Waals surface area contributed by atoms with Gasteiger partial charge in [0.15, 0.2) is 0 Å². The van der Waals surface area contributed by atoms with Crippen LogP contribution in [-0.4, -0.2) is 11.4 Å². The van der Waals surface area contributed by atoms with Crippen LogP contribution in [-0.2, 0) is 6.42 Å². The molecule has 1 heterocycles. The van der Waals surface area contributed by atoms with Gasteiger partial charge >= 0.3 is 0 Å². The molecule has 0 saturated carbocycles. The minimum Gasteiger partial charge on any atom is -0.464 e. The molecule has 58 valence electrons. The van der Waals surface area contributed by atoms with E-state index in [2.05, 4.69) is 0 Å². The lowest BCUT2D eigenvalue weighted by molar-refractivity contribution is 0.00213. The van der Waals surface area contributed by atoms with Gasteiger partial charge in [-0.05, 0) is 18.6 Å². The fraction of sp³-hybridized carbons (Fsp3) is 0.333. The highest BCUT2D eigenvalue weighted by Crippen LogP contribution is 2.28. The molecule has 1 unspecified atom stereocenters. The van der Waals surface area contributed by atoms with Crippen LogP contribution in [0, 0.1) is 6.92 Å². The van der Waals surface area contributed by atoms with Crippen LogP contribution in [0.5, 0.6) is 5.75 Å². The monoisotopic (exact) mass is 150 g/mol. The van der Waals surface area contributed by atoms with Crippen LogP contribution in [0.25, 0.3) is 0 Å². The molecule has 0 bridgehead atoms. The van der Waals surface area contributed by atoms with E-state index in [1.807, 2.05) is 25.1 Å². The highest BCUT2D eigenvalue weighted by molar-refractivity contribution is 5.39. The van der Waals surface area contributed by atoms with Crippen molar-refractivity contribution in [3.05, 3.63) is 29.3 Å². The summed E-state index contributed by atoms with van der Waals surface area (Å²) >= 11 is 0. The van der Waals surface area contributed by atoms with E-state index in [1.165, 1.54) is 0 Å². The maximum atomic E-state index is 9.12. The van der Waals surface area contributed by atoms with Crippen LogP contribution >= 0.6 is 0 Å². The molecule has 0 fully saturated rings. The van der Waals surface area contributed by atoms with E-state index in [0.717, 1.165) is 16.9 Å². The summed E-state index contributed by atoms with van der Waals surface area (Å²) < 4.78 is 5.14. The Balaban J connectivity index is 2.43. The van der Waals surface area contributed by atoms with Crippen LogP contribution in [0.15, 0.2) is 18.2 Å². The second kappa shape index (κ2) is 2.24. The van der Waals surface area contributed by atoms with Crippen LogP contribution in [0.1, 0.15) is 11.1 Å². The van der Waals surface area contributed by atoms with Crippen molar-refractivity contribution < 1.29 is 9.84 Å². The molecule has 0 spiro atoms. The van der Waals surface area contributed by atoms with Gasteiger partial charge in [0.1, 0.15) is 5.75 Å². The number of hydrogen-bond donors (Lipinski definition) is 1. The van der Waals surface area contributed by atoms with E-state index < -0.39 is 6.29 Å². The molecule has 1 aliphatic heterocycles. The van der Waals surface area contributed by atoms with Gasteiger partial charge in [-0.3, -0.25) is 0 Å². The zero-order valence-electron chi connectivity index (χ0n) is 6.37. The Hall–Kier alpha value is -1.02. The van der Waals surface area contributed by atoms with Crippen molar-refractivity contribution in [1.29, 1.82) is 0 Å². The molecule has 2 nitrogen and oxygen atoms in total. The second-order valence-corrected chi connectivity index (χ2v) is 2.89. The lowest BCUT2D eigenvalue weighted by Crippen LogP contribution is -2.09. The lowest BCUT2D eigenvalue weighted by atomic mass is 10.1. The first-order chi connectivity index (χ1) is 5.25. The standard InChI is InChI=1S/C9H10O2/c1-6-2-3-7-5-9(10)11-8(7)4-6/h2-4,9-10H,5H2,1H3. The molecule has 0 saturated heterocycles. The minimum absolute atomic E-state index is 0.621. The van der Waals surface area contributed by atoms with E-state index in [9.17, 15) is 0 Å². The van der Waals surface area contributed by atoms with Crippen molar-refractivity contribution in [3.8, 4) is 5.75 Å². The van der Waals surface area contributed by atoms with Gasteiger partial charge in [-0.1, -0.05) is 12.1 Å². The number of hydrogen-bond acceptors (Lipinski definition) is 2. The van der Waals surface area contributed by atoms with Crippen molar-refractivity contribution in [2.45, 2.75) is 19.6 Å². The van der Waals surface area contributed by atoms with E-state index >= 15 is 0 Å². The number of aryl methyl sites for hydroxylation is 1. The molecule has 1 aromatic carbocycles. The largest absolute Gasteiger partial charge is 0.464 e. The summed E-state index contributed by atoms with van der Waals surface area (Å²) in [5.41, 5.74) is 2.26. The Morgan fingerprint density at radius 2 is 2.36 bits per heavy atom. The number of aliphatic hydroxyl groups is 1. The van der Waals surface area contributed by atoms with Gasteiger partial charge in [0.05, 0.1) is 0 Å². The predicted octanol–water partition coefficient (Wildman–Crippen LogP) is 1.25. The smallest absolute Gasteiger partial charge is 0.201 e. The molecule has 0 aromatic heterocycles. The van der Waals surface area contributed by atoms with Crippen LogP contribution in [0.4, 0.5) is 0 Å². The Morgan fingerprint density at radius 3 is 3.18 bits per heavy atom. The molecule has 1 atom stereocenters. The third-order valence-corrected chi connectivity index (χ3v) is 1.88. The molecular weight excluding hydrogens is 140 g/mol. The maximum Gasteiger partial charge on any atom is 0.201 e. The number of aliphatic hydroxyl groups excluding tert-OH is 1. The third kappa shape index (κ3) is 1.10. The lowest BCUT2D eigenvalue weighted by Gasteiger charge is -2.01. The second-order valence-electron chi connectivity index (χ2n) is 2.89. The van der Waals surface area contributed by atoms with E-state index in [0.29, 0.717) is 6.42 Å². The average molecular weight is 150 g/mol. The number of benzene rings is 1. The molecule has 2 heteroatoms. The topological polar surface area (TPSA) is 29.5 Å². The molecule has 2 rings (SSSR count).